The first kappa shape index (κ1) is 19.0. The van der Waals surface area contributed by atoms with Crippen LogP contribution in [-0.4, -0.2) is 31.8 Å². The molecule has 0 aromatic heterocycles. The molecule has 1 aliphatic rings. The average Bonchev–Trinajstić information content (AvgIpc) is 2.88. The molecule has 0 spiro atoms. The van der Waals surface area contributed by atoms with Gasteiger partial charge in [0.05, 0.1) is 12.6 Å². The molecular weight excluding hydrogens is 353 g/mol. The average molecular weight is 383 g/mol. The van der Waals surface area contributed by atoms with E-state index in [1.165, 1.54) is 38.5 Å². The number of nitrogens with zero attached hydrogens (tertiary/aromatic N) is 1. The largest absolute Gasteiger partial charge is 0.376 e. The summed E-state index contributed by atoms with van der Waals surface area (Å²) in [7, 11) is 0. The van der Waals surface area contributed by atoms with Crippen molar-refractivity contribution in [2.45, 2.75) is 64.4 Å². The van der Waals surface area contributed by atoms with Crippen molar-refractivity contribution in [3.05, 3.63) is 0 Å². The highest BCUT2D eigenvalue weighted by atomic mass is 127. The summed E-state index contributed by atoms with van der Waals surface area (Å²) in [6.45, 7) is 4.76. The van der Waals surface area contributed by atoms with Gasteiger partial charge >= 0.3 is 0 Å². The van der Waals surface area contributed by atoms with Gasteiger partial charge in [-0.25, -0.2) is 0 Å². The number of guanidine groups is 1. The minimum Gasteiger partial charge on any atom is -0.376 e. The van der Waals surface area contributed by atoms with Crippen LogP contribution in [0.25, 0.3) is 0 Å². The van der Waals surface area contributed by atoms with Gasteiger partial charge in [0, 0.05) is 13.2 Å². The third kappa shape index (κ3) is 10.4. The number of nitrogens with two attached hydrogens (primary N) is 1. The lowest BCUT2D eigenvalue weighted by Crippen LogP contribution is -2.33. The monoisotopic (exact) mass is 383 g/mol. The van der Waals surface area contributed by atoms with Crippen molar-refractivity contribution in [3.63, 3.8) is 0 Å². The van der Waals surface area contributed by atoms with Gasteiger partial charge in [0.15, 0.2) is 5.96 Å². The highest BCUT2D eigenvalue weighted by Crippen LogP contribution is 2.11. The molecular formula is C14H30IN3O. The topological polar surface area (TPSA) is 59.6 Å². The number of aliphatic imine (C=N–C) groups is 1. The molecule has 0 aromatic rings. The zero-order chi connectivity index (χ0) is 13.1. The van der Waals surface area contributed by atoms with Crippen LogP contribution < -0.4 is 11.1 Å². The molecule has 0 aliphatic carbocycles. The number of ether oxygens (including phenoxy) is 1. The number of rotatable bonds is 9. The van der Waals surface area contributed by atoms with Gasteiger partial charge in [-0.05, 0) is 19.3 Å². The van der Waals surface area contributed by atoms with E-state index in [2.05, 4.69) is 17.2 Å². The SMILES string of the molecule is CCCCCCCCNC(N)=NCC1CCCO1.I. The molecule has 114 valence electrons. The Bertz CT molecular complexity index is 231. The smallest absolute Gasteiger partial charge is 0.188 e. The minimum absolute atomic E-state index is 0. The van der Waals surface area contributed by atoms with Gasteiger partial charge in [-0.2, -0.15) is 0 Å². The molecule has 1 fully saturated rings. The van der Waals surface area contributed by atoms with E-state index in [4.69, 9.17) is 10.5 Å². The summed E-state index contributed by atoms with van der Waals surface area (Å²) in [6.07, 6.45) is 10.4. The fourth-order valence-electron chi connectivity index (χ4n) is 2.17. The second-order valence-electron chi connectivity index (χ2n) is 5.06. The van der Waals surface area contributed by atoms with Gasteiger partial charge in [-0.1, -0.05) is 39.0 Å². The van der Waals surface area contributed by atoms with Crippen molar-refractivity contribution in [2.75, 3.05) is 19.7 Å². The van der Waals surface area contributed by atoms with Crippen molar-refractivity contribution in [1.29, 1.82) is 0 Å². The van der Waals surface area contributed by atoms with Gasteiger partial charge in [-0.15, -0.1) is 24.0 Å². The fraction of sp³-hybridized carbons (Fsp3) is 0.929. The van der Waals surface area contributed by atoms with Gasteiger partial charge in [0.2, 0.25) is 0 Å². The Kier molecular flexibility index (Phi) is 12.9. The molecule has 1 rings (SSSR count). The van der Waals surface area contributed by atoms with E-state index in [0.717, 1.165) is 26.0 Å². The maximum absolute atomic E-state index is 5.80. The maximum Gasteiger partial charge on any atom is 0.188 e. The molecule has 0 bridgehead atoms. The summed E-state index contributed by atoms with van der Waals surface area (Å²) in [6, 6.07) is 0. The van der Waals surface area contributed by atoms with E-state index in [0.29, 0.717) is 18.6 Å². The number of hydrogen-bond donors (Lipinski definition) is 2. The Morgan fingerprint density at radius 3 is 2.68 bits per heavy atom. The quantitative estimate of drug-likeness (QED) is 0.279. The number of hydrogen-bond acceptors (Lipinski definition) is 2. The molecule has 0 saturated carbocycles. The molecule has 0 amide bonds. The Labute approximate surface area is 135 Å². The molecule has 4 nitrogen and oxygen atoms in total. The van der Waals surface area contributed by atoms with E-state index < -0.39 is 0 Å². The van der Waals surface area contributed by atoms with E-state index in [9.17, 15) is 0 Å². The highest BCUT2D eigenvalue weighted by Gasteiger charge is 2.14. The van der Waals surface area contributed by atoms with Gasteiger partial charge in [0.1, 0.15) is 0 Å². The molecule has 0 aromatic carbocycles. The summed E-state index contributed by atoms with van der Waals surface area (Å²) in [4.78, 5) is 4.31. The third-order valence-electron chi connectivity index (χ3n) is 3.33. The van der Waals surface area contributed by atoms with Crippen molar-refractivity contribution in [1.82, 2.24) is 5.32 Å². The minimum atomic E-state index is 0. The molecule has 0 radical (unpaired) electrons. The first-order valence-electron chi connectivity index (χ1n) is 7.48. The van der Waals surface area contributed by atoms with Crippen LogP contribution >= 0.6 is 24.0 Å². The van der Waals surface area contributed by atoms with E-state index in [1.807, 2.05) is 0 Å². The summed E-state index contributed by atoms with van der Waals surface area (Å²) in [5.74, 6) is 0.569. The maximum atomic E-state index is 5.80. The normalized spacial score (nSPS) is 19.2. The van der Waals surface area contributed by atoms with Crippen molar-refractivity contribution in [2.24, 2.45) is 10.7 Å². The standard InChI is InChI=1S/C14H29N3O.HI/c1-2-3-4-5-6-7-10-16-14(15)17-12-13-9-8-11-18-13;/h13H,2-12H2,1H3,(H3,15,16,17);1H. The predicted molar refractivity (Wildman–Crippen MR) is 92.3 cm³/mol. The predicted octanol–water partition coefficient (Wildman–Crippen LogP) is 3.05. The summed E-state index contributed by atoms with van der Waals surface area (Å²) >= 11 is 0. The van der Waals surface area contributed by atoms with Crippen LogP contribution in [0.15, 0.2) is 4.99 Å². The second-order valence-corrected chi connectivity index (χ2v) is 5.06. The molecule has 3 N–H and O–H groups in total. The second kappa shape index (κ2) is 13.0. The van der Waals surface area contributed by atoms with Crippen LogP contribution in [0.1, 0.15) is 58.3 Å². The van der Waals surface area contributed by atoms with E-state index in [1.54, 1.807) is 0 Å². The zero-order valence-electron chi connectivity index (χ0n) is 12.2. The van der Waals surface area contributed by atoms with Crippen LogP contribution in [-0.2, 0) is 4.74 Å². The van der Waals surface area contributed by atoms with Crippen LogP contribution in [0.5, 0.6) is 0 Å². The molecule has 1 heterocycles. The van der Waals surface area contributed by atoms with Crippen LogP contribution in [0.2, 0.25) is 0 Å². The van der Waals surface area contributed by atoms with Gasteiger partial charge in [0.25, 0.3) is 0 Å². The van der Waals surface area contributed by atoms with Gasteiger partial charge in [-0.3, -0.25) is 4.99 Å². The Morgan fingerprint density at radius 1 is 1.26 bits per heavy atom. The lowest BCUT2D eigenvalue weighted by atomic mass is 10.1. The number of nitrogens with one attached hydrogen (secondary N) is 1. The lowest BCUT2D eigenvalue weighted by molar-refractivity contribution is 0.118. The summed E-state index contributed by atoms with van der Waals surface area (Å²) in [5.41, 5.74) is 5.80. The number of halogens is 1. The molecule has 1 atom stereocenters. The molecule has 19 heavy (non-hydrogen) atoms. The van der Waals surface area contributed by atoms with Crippen molar-refractivity contribution in [3.8, 4) is 0 Å². The molecule has 1 saturated heterocycles. The lowest BCUT2D eigenvalue weighted by Gasteiger charge is -2.08. The van der Waals surface area contributed by atoms with Crippen LogP contribution in [0, 0.1) is 0 Å². The van der Waals surface area contributed by atoms with Gasteiger partial charge < -0.3 is 15.8 Å². The van der Waals surface area contributed by atoms with Crippen molar-refractivity contribution < 1.29 is 4.74 Å². The van der Waals surface area contributed by atoms with Crippen molar-refractivity contribution >= 4 is 29.9 Å². The van der Waals surface area contributed by atoms with E-state index >= 15 is 0 Å². The molecule has 1 unspecified atom stereocenters. The van der Waals surface area contributed by atoms with Crippen LogP contribution in [0.4, 0.5) is 0 Å². The zero-order valence-corrected chi connectivity index (χ0v) is 14.5. The first-order chi connectivity index (χ1) is 8.83. The van der Waals surface area contributed by atoms with Crippen LogP contribution in [0.3, 0.4) is 0 Å². The fourth-order valence-corrected chi connectivity index (χ4v) is 2.17. The molecule has 5 heteroatoms. The number of unbranched alkanes of at least 4 members (excludes halogenated alkanes) is 5. The Morgan fingerprint density at radius 2 is 2.00 bits per heavy atom. The summed E-state index contributed by atoms with van der Waals surface area (Å²) < 4.78 is 5.49. The molecule has 1 aliphatic heterocycles. The Hall–Kier alpha value is -0.0400. The Balaban J connectivity index is 0.00000324. The highest BCUT2D eigenvalue weighted by molar-refractivity contribution is 14.0. The summed E-state index contributed by atoms with van der Waals surface area (Å²) in [5, 5.41) is 3.17. The first-order valence-corrected chi connectivity index (χ1v) is 7.48. The third-order valence-corrected chi connectivity index (χ3v) is 3.33. The van der Waals surface area contributed by atoms with E-state index in [-0.39, 0.29) is 24.0 Å².